The third-order valence-electron chi connectivity index (χ3n) is 3.99. The molecule has 0 spiro atoms. The molecule has 5 aromatic rings. The molecule has 2 heterocycles. The molecule has 0 saturated carbocycles. The van der Waals surface area contributed by atoms with E-state index in [0.717, 1.165) is 43.1 Å². The number of para-hydroxylation sites is 2. The van der Waals surface area contributed by atoms with E-state index in [1.165, 1.54) is 0 Å². The van der Waals surface area contributed by atoms with E-state index in [2.05, 4.69) is 33.0 Å². The van der Waals surface area contributed by atoms with Crippen LogP contribution in [0.2, 0.25) is 0 Å². The minimum absolute atomic E-state index is 0.592. The molecule has 3 aromatic carbocycles. The first-order chi connectivity index (χ1) is 11.3. The number of fused-ring (bicyclic) bond motifs is 4. The van der Waals surface area contributed by atoms with Gasteiger partial charge in [-0.25, -0.2) is 4.98 Å². The van der Waals surface area contributed by atoms with Crippen LogP contribution in [0, 0.1) is 0 Å². The van der Waals surface area contributed by atoms with Gasteiger partial charge >= 0.3 is 0 Å². The summed E-state index contributed by atoms with van der Waals surface area (Å²) in [5.41, 5.74) is 4.22. The summed E-state index contributed by atoms with van der Waals surface area (Å²) < 4.78 is 12.7. The standard InChI is InChI=1S/C19H10BrNO2/c20-14-5-3-6-15-18(14)23-19(21-15)11-8-9-13-12-4-1-2-7-16(12)22-17(13)10-11/h1-10H. The predicted octanol–water partition coefficient (Wildman–Crippen LogP) is 6.16. The number of hydrogen-bond acceptors (Lipinski definition) is 3. The fraction of sp³-hybridized carbons (Fsp3) is 0. The zero-order chi connectivity index (χ0) is 15.4. The van der Waals surface area contributed by atoms with Crippen LogP contribution in [0.15, 0.2) is 74.0 Å². The Morgan fingerprint density at radius 2 is 1.65 bits per heavy atom. The van der Waals surface area contributed by atoms with Crippen molar-refractivity contribution in [1.82, 2.24) is 4.98 Å². The zero-order valence-electron chi connectivity index (χ0n) is 11.9. The molecular weight excluding hydrogens is 354 g/mol. The Balaban J connectivity index is 1.75. The first-order valence-electron chi connectivity index (χ1n) is 7.26. The average Bonchev–Trinajstić information content (AvgIpc) is 3.16. The quantitative estimate of drug-likeness (QED) is 0.358. The number of oxazole rings is 1. The second-order valence-corrected chi connectivity index (χ2v) is 6.27. The lowest BCUT2D eigenvalue weighted by Gasteiger charge is -1.95. The molecule has 5 rings (SSSR count). The van der Waals surface area contributed by atoms with Crippen LogP contribution in [0.5, 0.6) is 0 Å². The summed E-state index contributed by atoms with van der Waals surface area (Å²) in [6.07, 6.45) is 0. The first kappa shape index (κ1) is 12.9. The number of nitrogens with zero attached hydrogens (tertiary/aromatic N) is 1. The van der Waals surface area contributed by atoms with Crippen LogP contribution in [0.1, 0.15) is 0 Å². The van der Waals surface area contributed by atoms with E-state index in [9.17, 15) is 0 Å². The van der Waals surface area contributed by atoms with Crippen LogP contribution >= 0.6 is 15.9 Å². The van der Waals surface area contributed by atoms with Gasteiger partial charge in [0.15, 0.2) is 5.58 Å². The van der Waals surface area contributed by atoms with E-state index in [1.807, 2.05) is 48.5 Å². The number of benzene rings is 3. The van der Waals surface area contributed by atoms with E-state index in [-0.39, 0.29) is 0 Å². The summed E-state index contributed by atoms with van der Waals surface area (Å²) in [6.45, 7) is 0. The maximum Gasteiger partial charge on any atom is 0.227 e. The van der Waals surface area contributed by atoms with Crippen molar-refractivity contribution in [3.8, 4) is 11.5 Å². The van der Waals surface area contributed by atoms with Crippen LogP contribution in [0.3, 0.4) is 0 Å². The predicted molar refractivity (Wildman–Crippen MR) is 94.4 cm³/mol. The van der Waals surface area contributed by atoms with Gasteiger partial charge in [-0.2, -0.15) is 0 Å². The maximum atomic E-state index is 5.93. The minimum atomic E-state index is 0.592. The Hall–Kier alpha value is -2.59. The van der Waals surface area contributed by atoms with Gasteiger partial charge in [-0.3, -0.25) is 0 Å². The summed E-state index contributed by atoms with van der Waals surface area (Å²) in [4.78, 5) is 4.57. The number of aromatic nitrogens is 1. The normalized spacial score (nSPS) is 11.7. The fourth-order valence-corrected chi connectivity index (χ4v) is 3.33. The SMILES string of the molecule is Brc1cccc2nc(-c3ccc4c(c3)oc3ccccc34)oc12. The molecule has 2 aromatic heterocycles. The topological polar surface area (TPSA) is 39.2 Å². The fourth-order valence-electron chi connectivity index (χ4n) is 2.90. The number of hydrogen-bond donors (Lipinski definition) is 0. The summed E-state index contributed by atoms with van der Waals surface area (Å²) in [7, 11) is 0. The molecule has 0 bridgehead atoms. The number of halogens is 1. The third kappa shape index (κ3) is 1.92. The van der Waals surface area contributed by atoms with Gasteiger partial charge in [-0.1, -0.05) is 24.3 Å². The van der Waals surface area contributed by atoms with Crippen molar-refractivity contribution in [2.45, 2.75) is 0 Å². The largest absolute Gasteiger partial charge is 0.456 e. The summed E-state index contributed by atoms with van der Waals surface area (Å²) in [5.74, 6) is 0.592. The molecule has 0 fully saturated rings. The highest BCUT2D eigenvalue weighted by Crippen LogP contribution is 2.34. The average molecular weight is 364 g/mol. The molecular formula is C19H10BrNO2. The molecule has 0 unspecified atom stereocenters. The Morgan fingerprint density at radius 1 is 0.783 bits per heavy atom. The van der Waals surface area contributed by atoms with Crippen molar-refractivity contribution in [3.63, 3.8) is 0 Å². The Morgan fingerprint density at radius 3 is 2.57 bits per heavy atom. The van der Waals surface area contributed by atoms with Crippen molar-refractivity contribution in [1.29, 1.82) is 0 Å². The Bertz CT molecular complexity index is 1190. The van der Waals surface area contributed by atoms with Gasteiger partial charge in [0, 0.05) is 16.3 Å². The lowest BCUT2D eigenvalue weighted by Crippen LogP contribution is -1.76. The highest BCUT2D eigenvalue weighted by molar-refractivity contribution is 9.10. The van der Waals surface area contributed by atoms with Gasteiger partial charge in [-0.15, -0.1) is 0 Å². The maximum absolute atomic E-state index is 5.93. The summed E-state index contributed by atoms with van der Waals surface area (Å²) >= 11 is 3.49. The van der Waals surface area contributed by atoms with E-state index in [4.69, 9.17) is 8.83 Å². The van der Waals surface area contributed by atoms with Crippen molar-refractivity contribution in [2.75, 3.05) is 0 Å². The second-order valence-electron chi connectivity index (χ2n) is 5.42. The monoisotopic (exact) mass is 363 g/mol. The lowest BCUT2D eigenvalue weighted by molar-refractivity contribution is 0.617. The van der Waals surface area contributed by atoms with Gasteiger partial charge in [0.1, 0.15) is 16.7 Å². The van der Waals surface area contributed by atoms with Gasteiger partial charge in [0.05, 0.1) is 4.47 Å². The number of furan rings is 1. The van der Waals surface area contributed by atoms with Gasteiger partial charge in [0.25, 0.3) is 0 Å². The van der Waals surface area contributed by atoms with E-state index < -0.39 is 0 Å². The van der Waals surface area contributed by atoms with Gasteiger partial charge < -0.3 is 8.83 Å². The van der Waals surface area contributed by atoms with Crippen LogP contribution in [-0.4, -0.2) is 4.98 Å². The van der Waals surface area contributed by atoms with E-state index >= 15 is 0 Å². The van der Waals surface area contributed by atoms with E-state index in [1.54, 1.807) is 0 Å². The second kappa shape index (κ2) is 4.70. The van der Waals surface area contributed by atoms with Crippen LogP contribution < -0.4 is 0 Å². The molecule has 0 amide bonds. The molecule has 4 heteroatoms. The molecule has 0 atom stereocenters. The van der Waals surface area contributed by atoms with Crippen LogP contribution in [0.25, 0.3) is 44.5 Å². The smallest absolute Gasteiger partial charge is 0.227 e. The van der Waals surface area contributed by atoms with Crippen LogP contribution in [-0.2, 0) is 0 Å². The molecule has 0 N–H and O–H groups in total. The third-order valence-corrected chi connectivity index (χ3v) is 4.62. The van der Waals surface area contributed by atoms with Crippen molar-refractivity contribution >= 4 is 49.0 Å². The minimum Gasteiger partial charge on any atom is -0.456 e. The molecule has 0 aliphatic heterocycles. The van der Waals surface area contributed by atoms with Gasteiger partial charge in [0.2, 0.25) is 5.89 Å². The molecule has 0 aliphatic rings. The highest BCUT2D eigenvalue weighted by Gasteiger charge is 2.13. The lowest BCUT2D eigenvalue weighted by atomic mass is 10.1. The highest BCUT2D eigenvalue weighted by atomic mass is 79.9. The molecule has 0 aliphatic carbocycles. The summed E-state index contributed by atoms with van der Waals surface area (Å²) in [6, 6.07) is 19.9. The molecule has 0 saturated heterocycles. The Labute approximate surface area is 139 Å². The van der Waals surface area contributed by atoms with Crippen molar-refractivity contribution in [2.24, 2.45) is 0 Å². The first-order valence-corrected chi connectivity index (χ1v) is 8.06. The zero-order valence-corrected chi connectivity index (χ0v) is 13.5. The van der Waals surface area contributed by atoms with Crippen molar-refractivity contribution in [3.05, 3.63) is 65.1 Å². The number of rotatable bonds is 1. The van der Waals surface area contributed by atoms with E-state index in [0.29, 0.717) is 5.89 Å². The summed E-state index contributed by atoms with van der Waals surface area (Å²) in [5, 5.41) is 2.22. The van der Waals surface area contributed by atoms with Crippen LogP contribution in [0.4, 0.5) is 0 Å². The molecule has 110 valence electrons. The molecule has 23 heavy (non-hydrogen) atoms. The van der Waals surface area contributed by atoms with Crippen molar-refractivity contribution < 1.29 is 8.83 Å². The molecule has 3 nitrogen and oxygen atoms in total. The molecule has 0 radical (unpaired) electrons. The Kier molecular flexibility index (Phi) is 2.64. The van der Waals surface area contributed by atoms with Gasteiger partial charge in [-0.05, 0) is 52.3 Å².